The van der Waals surface area contributed by atoms with Crippen LogP contribution in [0.1, 0.15) is 0 Å². The van der Waals surface area contributed by atoms with Crippen LogP contribution in [0.3, 0.4) is 0 Å². The van der Waals surface area contributed by atoms with Gasteiger partial charge in [0.15, 0.2) is 0 Å². The fraction of sp³-hybridized carbons (Fsp3) is 0. The molecule has 0 N–H and O–H groups in total. The van der Waals surface area contributed by atoms with E-state index in [2.05, 4.69) is 485 Å². The van der Waals surface area contributed by atoms with Crippen molar-refractivity contribution in [2.24, 2.45) is 0 Å². The molecule has 22 aromatic carbocycles. The summed E-state index contributed by atoms with van der Waals surface area (Å²) in [5.74, 6) is 0. The number of para-hydroxylation sites is 10. The summed E-state index contributed by atoms with van der Waals surface area (Å²) in [6.45, 7) is 0. The second-order valence-electron chi connectivity index (χ2n) is 38.6. The fourth-order valence-electron chi connectivity index (χ4n) is 27.0. The van der Waals surface area contributed by atoms with Crippen molar-refractivity contribution in [3.63, 3.8) is 0 Å². The smallest absolute Gasteiger partial charge is 0.0642 e. The van der Waals surface area contributed by atoms with Crippen molar-refractivity contribution in [2.75, 3.05) is 0 Å². The molecule has 34 rings (SSSR count). The van der Waals surface area contributed by atoms with E-state index in [0.717, 1.165) is 67.1 Å². The first-order chi connectivity index (χ1) is 69.6. The molecule has 0 aliphatic rings. The number of fused-ring (bicyclic) bond motifs is 40. The van der Waals surface area contributed by atoms with Gasteiger partial charge in [0.05, 0.1) is 110 Å². The van der Waals surface area contributed by atoms with Gasteiger partial charge in [-0.05, 0) is 155 Å². The van der Waals surface area contributed by atoms with Gasteiger partial charge in [0.1, 0.15) is 0 Å². The van der Waals surface area contributed by atoms with Crippen LogP contribution in [0.2, 0.25) is 0 Å². The van der Waals surface area contributed by atoms with E-state index in [1.165, 1.54) is 251 Å². The van der Waals surface area contributed by atoms with Crippen LogP contribution in [-0.4, -0.2) is 35.9 Å². The third-order valence-corrected chi connectivity index (χ3v) is 32.0. The first kappa shape index (κ1) is 73.7. The minimum atomic E-state index is 1.09. The van der Waals surface area contributed by atoms with Crippen LogP contribution in [-0.2, 0) is 0 Å². The van der Waals surface area contributed by atoms with Crippen molar-refractivity contribution in [3.05, 3.63) is 449 Å². The number of benzene rings is 22. The normalized spacial score (nSPS) is 12.7. The topological polar surface area (TPSA) is 37.4 Å². The van der Waals surface area contributed by atoms with Crippen LogP contribution in [0.25, 0.3) is 318 Å². The summed E-state index contributed by atoms with van der Waals surface area (Å²) in [5.41, 5.74) is 40.0. The predicted octanol–water partition coefficient (Wildman–Crippen LogP) is 35.0. The summed E-state index contributed by atoms with van der Waals surface area (Å²) in [7, 11) is 0. The Labute approximate surface area is 797 Å². The zero-order valence-electron chi connectivity index (χ0n) is 75.3. The van der Waals surface area contributed by atoms with Crippen LogP contribution in [0.4, 0.5) is 0 Å². The molecule has 0 atom stereocenters. The molecule has 0 unspecified atom stereocenters. The van der Waals surface area contributed by atoms with Crippen LogP contribution in [0.5, 0.6) is 0 Å². The fourth-order valence-corrected chi connectivity index (χ4v) is 27.0. The molecule has 12 aromatic heterocycles. The van der Waals surface area contributed by atoms with Gasteiger partial charge in [0.25, 0.3) is 0 Å². The van der Waals surface area contributed by atoms with Crippen molar-refractivity contribution in [2.45, 2.75) is 0 Å². The molecule has 12 heterocycles. The quantitative estimate of drug-likeness (QED) is 0.138. The largest absolute Gasteiger partial charge is 0.309 e. The van der Waals surface area contributed by atoms with Crippen molar-refractivity contribution >= 4 is 240 Å². The summed E-state index contributed by atoms with van der Waals surface area (Å²) in [5, 5.41) is 29.5. The lowest BCUT2D eigenvalue weighted by molar-refractivity contribution is 1.18. The highest BCUT2D eigenvalue weighted by molar-refractivity contribution is 6.47. The number of rotatable bonds is 9. The zero-order valence-corrected chi connectivity index (χ0v) is 75.3. The maximum absolute atomic E-state index is 2.71. The van der Waals surface area contributed by atoms with E-state index in [1.807, 2.05) is 0 Å². The molecule has 8 heteroatoms. The van der Waals surface area contributed by atoms with Gasteiger partial charge in [0, 0.05) is 174 Å². The molecule has 0 saturated carbocycles. The SMILES string of the molecule is c1ccc(-c2c3c4cccc5c6c7c8ccc(-c9cccc%10c9c9cc%11c%12ccccc%12n%12c%13c(-c%14ccccc%14)c%14c%15c%16c(cc%17c%18ccccc%18n(c%14c(-c%14ccccc%14)c%13c(c9n%10-c9ccccc9)c%11%12)c%17%15)c9ccccc9n%16-c9ccccc9)cc8n(-c8ccccc8)c7ccc6n(c3c(-c3ccccc3)c3c6cccc7c8c9c%10ccccc%10n(-c%10ccccc%10)c9ccc8n(c23)c67)c45)cc1. The maximum atomic E-state index is 2.71. The first-order valence-electron chi connectivity index (χ1n) is 48.7. The van der Waals surface area contributed by atoms with Crippen molar-refractivity contribution < 1.29 is 0 Å². The van der Waals surface area contributed by atoms with Gasteiger partial charge in [-0.15, -0.1) is 0 Å². The lowest BCUT2D eigenvalue weighted by atomic mass is 9.88. The minimum absolute atomic E-state index is 1.09. The molecule has 642 valence electrons. The molecular weight excluding hydrogens is 1700 g/mol. The Morgan fingerprint density at radius 2 is 0.400 bits per heavy atom. The van der Waals surface area contributed by atoms with Crippen molar-refractivity contribution in [1.29, 1.82) is 0 Å². The predicted molar refractivity (Wildman–Crippen MR) is 590 cm³/mol. The Morgan fingerprint density at radius 3 is 0.857 bits per heavy atom. The molecule has 0 fully saturated rings. The van der Waals surface area contributed by atoms with E-state index in [-0.39, 0.29) is 0 Å². The molecule has 8 nitrogen and oxygen atoms in total. The van der Waals surface area contributed by atoms with E-state index < -0.39 is 0 Å². The lowest BCUT2D eigenvalue weighted by Gasteiger charge is -2.17. The molecule has 0 radical (unpaired) electrons. The maximum Gasteiger partial charge on any atom is 0.0642 e. The highest BCUT2D eigenvalue weighted by atomic mass is 15.0. The van der Waals surface area contributed by atoms with Crippen LogP contribution >= 0.6 is 0 Å². The summed E-state index contributed by atoms with van der Waals surface area (Å²) in [6, 6.07) is 170. The highest BCUT2D eigenvalue weighted by Gasteiger charge is 2.38. The first-order valence-corrected chi connectivity index (χ1v) is 48.7. The van der Waals surface area contributed by atoms with E-state index in [9.17, 15) is 0 Å². The van der Waals surface area contributed by atoms with E-state index in [4.69, 9.17) is 0 Å². The third-order valence-electron chi connectivity index (χ3n) is 32.0. The Balaban J connectivity index is 0.680. The summed E-state index contributed by atoms with van der Waals surface area (Å²) < 4.78 is 21.0. The number of aromatic nitrogens is 8. The standard InChI is InChI=1S/C132H74N8/c1-9-36-75(37-10-1)108-118-93-60-34-58-91-116-106(140(124(91)93)130(118)109(76-38-11-2-12-39-76)117-92-59-33-57-90-115-105(139(123(90)92)129(108)117)70-68-103-113(115)88-55-28-32-64-101(88)133(103)80-44-17-5-18-45-80)71-69-104-114(116)89-67-66-79(72-107(89)134(104)81-46-19-6-20-47-81)84-56-35-65-102-112(84)97-74-96-87-54-27-31-63-100(87)138-127(96)122(128(97)136(102)83-50-23-8-24-51-83)120-111(78-42-15-4-16-43-78)131-119(110(132(120)138)77-40-13-3-14-41-77)121-125-94(73-95-86-53-26-30-62-99(86)137(131)126(95)121)85-52-25-29-61-98(85)135(125)82-48-21-7-22-49-82/h1-74H. The van der Waals surface area contributed by atoms with Crippen molar-refractivity contribution in [1.82, 2.24) is 35.9 Å². The Kier molecular flexibility index (Phi) is 14.0. The van der Waals surface area contributed by atoms with E-state index in [0.29, 0.717) is 0 Å². The summed E-state index contributed by atoms with van der Waals surface area (Å²) in [4.78, 5) is 0. The molecular formula is C132H74N8. The van der Waals surface area contributed by atoms with Gasteiger partial charge in [-0.2, -0.15) is 0 Å². The van der Waals surface area contributed by atoms with Crippen LogP contribution in [0, 0.1) is 0 Å². The van der Waals surface area contributed by atoms with Gasteiger partial charge < -0.3 is 35.9 Å². The Bertz CT molecular complexity index is 11400. The van der Waals surface area contributed by atoms with E-state index in [1.54, 1.807) is 0 Å². The lowest BCUT2D eigenvalue weighted by Crippen LogP contribution is -1.95. The second-order valence-corrected chi connectivity index (χ2v) is 38.6. The van der Waals surface area contributed by atoms with Crippen molar-refractivity contribution in [3.8, 4) is 78.4 Å². The number of hydrogen-bond donors (Lipinski definition) is 0. The molecule has 34 aromatic rings. The average molecular weight is 1770 g/mol. The monoisotopic (exact) mass is 1770 g/mol. The van der Waals surface area contributed by atoms with Gasteiger partial charge in [-0.25, -0.2) is 0 Å². The zero-order chi connectivity index (χ0) is 90.4. The number of hydrogen-bond acceptors (Lipinski definition) is 0. The van der Waals surface area contributed by atoms with Crippen LogP contribution < -0.4 is 0 Å². The third kappa shape index (κ3) is 9.01. The van der Waals surface area contributed by atoms with Gasteiger partial charge in [-0.1, -0.05) is 328 Å². The van der Waals surface area contributed by atoms with Gasteiger partial charge in [-0.3, -0.25) is 0 Å². The Morgan fingerprint density at radius 1 is 0.114 bits per heavy atom. The summed E-state index contributed by atoms with van der Waals surface area (Å²) in [6.07, 6.45) is 0. The minimum Gasteiger partial charge on any atom is -0.309 e. The molecule has 0 spiro atoms. The molecule has 0 aliphatic carbocycles. The molecule has 0 amide bonds. The molecule has 140 heavy (non-hydrogen) atoms. The second kappa shape index (κ2) is 26.7. The van der Waals surface area contributed by atoms with Gasteiger partial charge >= 0.3 is 0 Å². The molecule has 0 bridgehead atoms. The molecule has 0 aliphatic heterocycles. The average Bonchev–Trinajstić information content (AvgIpc) is 1.53. The van der Waals surface area contributed by atoms with Crippen LogP contribution in [0.15, 0.2) is 449 Å². The molecule has 0 saturated heterocycles. The van der Waals surface area contributed by atoms with E-state index >= 15 is 0 Å². The summed E-state index contributed by atoms with van der Waals surface area (Å²) >= 11 is 0. The highest BCUT2D eigenvalue weighted by Crippen LogP contribution is 2.62. The Hall–Kier alpha value is -18.8. The van der Waals surface area contributed by atoms with Gasteiger partial charge in [0.2, 0.25) is 0 Å². The number of nitrogens with zero attached hydrogens (tertiary/aromatic N) is 8.